The second-order valence-electron chi connectivity index (χ2n) is 4.15. The molecule has 0 atom stereocenters. The van der Waals surface area contributed by atoms with Crippen LogP contribution in [0.2, 0.25) is 5.02 Å². The van der Waals surface area contributed by atoms with Crippen molar-refractivity contribution in [3.8, 4) is 0 Å². The van der Waals surface area contributed by atoms with Crippen LogP contribution < -0.4 is 16.4 Å². The van der Waals surface area contributed by atoms with E-state index in [-0.39, 0.29) is 11.9 Å². The number of amides is 2. The zero-order valence-corrected chi connectivity index (χ0v) is 11.6. The van der Waals surface area contributed by atoms with Gasteiger partial charge >= 0.3 is 6.03 Å². The average molecular weight is 305 g/mol. The molecule has 0 bridgehead atoms. The van der Waals surface area contributed by atoms with Gasteiger partial charge in [-0.25, -0.2) is 4.79 Å². The lowest BCUT2D eigenvalue weighted by Gasteiger charge is -2.08. The van der Waals surface area contributed by atoms with Gasteiger partial charge in [-0.2, -0.15) is 0 Å². The molecular weight excluding hydrogens is 292 g/mol. The molecule has 0 radical (unpaired) electrons. The van der Waals surface area contributed by atoms with Crippen molar-refractivity contribution in [2.45, 2.75) is 0 Å². The first-order valence-electron chi connectivity index (χ1n) is 6.00. The van der Waals surface area contributed by atoms with Gasteiger partial charge in [-0.3, -0.25) is 0 Å². The Morgan fingerprint density at radius 3 is 1.95 bits per heavy atom. The number of anilines is 2. The van der Waals surface area contributed by atoms with Crippen molar-refractivity contribution in [1.29, 1.82) is 0 Å². The summed E-state index contributed by atoms with van der Waals surface area (Å²) in [7, 11) is 0. The number of hydrogen-bond donors (Lipinski definition) is 4. The van der Waals surface area contributed by atoms with Gasteiger partial charge in [0.15, 0.2) is 5.84 Å². The molecule has 0 aliphatic heterocycles. The van der Waals surface area contributed by atoms with Gasteiger partial charge < -0.3 is 21.6 Å². The molecule has 108 valence electrons. The molecule has 0 saturated heterocycles. The Kier molecular flexibility index (Phi) is 4.63. The SMILES string of the molecule is NC(=NO)c1ccc(NC(=O)Nc2ccc(Cl)cc2)cc1. The Hall–Kier alpha value is -2.73. The molecule has 0 aromatic heterocycles. The second kappa shape index (κ2) is 6.62. The van der Waals surface area contributed by atoms with Crippen molar-refractivity contribution < 1.29 is 10.0 Å². The zero-order valence-electron chi connectivity index (χ0n) is 10.9. The molecule has 0 aliphatic carbocycles. The lowest BCUT2D eigenvalue weighted by molar-refractivity contribution is 0.262. The van der Waals surface area contributed by atoms with Crippen molar-refractivity contribution in [3.05, 3.63) is 59.1 Å². The highest BCUT2D eigenvalue weighted by molar-refractivity contribution is 6.30. The fourth-order valence-corrected chi connectivity index (χ4v) is 1.73. The van der Waals surface area contributed by atoms with Crippen LogP contribution in [0.5, 0.6) is 0 Å². The first-order chi connectivity index (χ1) is 10.1. The Morgan fingerprint density at radius 2 is 1.48 bits per heavy atom. The third-order valence-corrected chi connectivity index (χ3v) is 2.90. The minimum atomic E-state index is -0.381. The molecule has 2 rings (SSSR count). The highest BCUT2D eigenvalue weighted by Gasteiger charge is 2.04. The van der Waals surface area contributed by atoms with Crippen LogP contribution in [0.4, 0.5) is 16.2 Å². The van der Waals surface area contributed by atoms with Crippen LogP contribution in [0.3, 0.4) is 0 Å². The highest BCUT2D eigenvalue weighted by Crippen LogP contribution is 2.14. The number of benzene rings is 2. The fourth-order valence-electron chi connectivity index (χ4n) is 1.61. The molecule has 2 amide bonds. The number of carbonyl (C=O) groups excluding carboxylic acids is 1. The summed E-state index contributed by atoms with van der Waals surface area (Å²) in [5.41, 5.74) is 7.22. The Balaban J connectivity index is 1.98. The monoisotopic (exact) mass is 304 g/mol. The molecule has 0 saturated carbocycles. The standard InChI is InChI=1S/C14H13ClN4O2/c15-10-3-7-12(8-4-10)18-14(20)17-11-5-1-9(2-6-11)13(16)19-21/h1-8,21H,(H2,16,19)(H2,17,18,20). The van der Waals surface area contributed by atoms with Gasteiger partial charge in [-0.05, 0) is 48.5 Å². The van der Waals surface area contributed by atoms with Gasteiger partial charge in [0.25, 0.3) is 0 Å². The number of nitrogens with two attached hydrogens (primary N) is 1. The number of nitrogens with zero attached hydrogens (tertiary/aromatic N) is 1. The maximum absolute atomic E-state index is 11.8. The van der Waals surface area contributed by atoms with Gasteiger partial charge in [-0.1, -0.05) is 16.8 Å². The van der Waals surface area contributed by atoms with E-state index in [0.29, 0.717) is 22.0 Å². The predicted molar refractivity (Wildman–Crippen MR) is 83.0 cm³/mol. The van der Waals surface area contributed by atoms with Gasteiger partial charge in [0.2, 0.25) is 0 Å². The summed E-state index contributed by atoms with van der Waals surface area (Å²) >= 11 is 5.76. The van der Waals surface area contributed by atoms with E-state index in [1.54, 1.807) is 48.5 Å². The van der Waals surface area contributed by atoms with Crippen LogP contribution in [0.25, 0.3) is 0 Å². The summed E-state index contributed by atoms with van der Waals surface area (Å²) in [5, 5.41) is 17.4. The number of rotatable bonds is 3. The highest BCUT2D eigenvalue weighted by atomic mass is 35.5. The molecule has 0 aliphatic rings. The Labute approximate surface area is 126 Å². The van der Waals surface area contributed by atoms with E-state index in [4.69, 9.17) is 22.5 Å². The molecule has 7 heteroatoms. The van der Waals surface area contributed by atoms with Gasteiger partial charge in [-0.15, -0.1) is 0 Å². The maximum Gasteiger partial charge on any atom is 0.323 e. The maximum atomic E-state index is 11.8. The van der Waals surface area contributed by atoms with Crippen molar-refractivity contribution >= 4 is 34.8 Å². The first-order valence-corrected chi connectivity index (χ1v) is 6.38. The molecule has 21 heavy (non-hydrogen) atoms. The van der Waals surface area contributed by atoms with E-state index in [1.807, 2.05) is 0 Å². The molecule has 0 spiro atoms. The largest absolute Gasteiger partial charge is 0.409 e. The van der Waals surface area contributed by atoms with E-state index in [0.717, 1.165) is 0 Å². The summed E-state index contributed by atoms with van der Waals surface area (Å²) in [6.45, 7) is 0. The summed E-state index contributed by atoms with van der Waals surface area (Å²) in [5.74, 6) is 0.00663. The van der Waals surface area contributed by atoms with Crippen molar-refractivity contribution in [3.63, 3.8) is 0 Å². The smallest absolute Gasteiger partial charge is 0.323 e. The number of urea groups is 1. The molecule has 2 aromatic rings. The predicted octanol–water partition coefficient (Wildman–Crippen LogP) is 3.08. The zero-order chi connectivity index (χ0) is 15.2. The molecule has 5 N–H and O–H groups in total. The van der Waals surface area contributed by atoms with E-state index >= 15 is 0 Å². The molecular formula is C14H13ClN4O2. The van der Waals surface area contributed by atoms with Crippen LogP contribution in [-0.4, -0.2) is 17.1 Å². The normalized spacial score (nSPS) is 11.0. The fraction of sp³-hybridized carbons (Fsp3) is 0. The number of amidine groups is 1. The van der Waals surface area contributed by atoms with Crippen LogP contribution >= 0.6 is 11.6 Å². The quantitative estimate of drug-likeness (QED) is 0.303. The Bertz CT molecular complexity index is 654. The van der Waals surface area contributed by atoms with Crippen LogP contribution in [-0.2, 0) is 0 Å². The minimum Gasteiger partial charge on any atom is -0.409 e. The number of carbonyl (C=O) groups is 1. The number of hydrogen-bond acceptors (Lipinski definition) is 3. The van der Waals surface area contributed by atoms with E-state index in [2.05, 4.69) is 15.8 Å². The van der Waals surface area contributed by atoms with Gasteiger partial charge in [0, 0.05) is 22.0 Å². The average Bonchev–Trinajstić information content (AvgIpc) is 2.49. The summed E-state index contributed by atoms with van der Waals surface area (Å²) in [4.78, 5) is 11.8. The lowest BCUT2D eigenvalue weighted by atomic mass is 10.2. The van der Waals surface area contributed by atoms with E-state index in [9.17, 15) is 4.79 Å². The van der Waals surface area contributed by atoms with Gasteiger partial charge in [0.1, 0.15) is 0 Å². The second-order valence-corrected chi connectivity index (χ2v) is 4.59. The molecule has 0 unspecified atom stereocenters. The lowest BCUT2D eigenvalue weighted by Crippen LogP contribution is -2.19. The van der Waals surface area contributed by atoms with Gasteiger partial charge in [0.05, 0.1) is 0 Å². The van der Waals surface area contributed by atoms with Crippen LogP contribution in [0.15, 0.2) is 53.7 Å². The first kappa shape index (κ1) is 14.7. The van der Waals surface area contributed by atoms with Crippen LogP contribution in [0.1, 0.15) is 5.56 Å². The molecule has 6 nitrogen and oxygen atoms in total. The summed E-state index contributed by atoms with van der Waals surface area (Å²) in [6.07, 6.45) is 0. The topological polar surface area (TPSA) is 99.7 Å². The summed E-state index contributed by atoms with van der Waals surface area (Å²) in [6, 6.07) is 12.9. The van der Waals surface area contributed by atoms with Crippen LogP contribution in [0, 0.1) is 0 Å². The number of oxime groups is 1. The van der Waals surface area contributed by atoms with Crippen molar-refractivity contribution in [2.24, 2.45) is 10.9 Å². The number of halogens is 1. The Morgan fingerprint density at radius 1 is 1.00 bits per heavy atom. The molecule has 0 heterocycles. The third kappa shape index (κ3) is 4.12. The molecule has 0 fully saturated rings. The van der Waals surface area contributed by atoms with Crippen molar-refractivity contribution in [1.82, 2.24) is 0 Å². The summed E-state index contributed by atoms with van der Waals surface area (Å²) < 4.78 is 0. The minimum absolute atomic E-state index is 0.00663. The number of nitrogens with one attached hydrogen (secondary N) is 2. The van der Waals surface area contributed by atoms with E-state index < -0.39 is 0 Å². The third-order valence-electron chi connectivity index (χ3n) is 2.65. The van der Waals surface area contributed by atoms with Crippen molar-refractivity contribution in [2.75, 3.05) is 10.6 Å². The molecule has 2 aromatic carbocycles. The van der Waals surface area contributed by atoms with E-state index in [1.165, 1.54) is 0 Å².